The molecule has 18 heavy (non-hydrogen) atoms. The molecule has 0 saturated heterocycles. The van der Waals surface area contributed by atoms with Crippen LogP contribution in [-0.2, 0) is 0 Å². The van der Waals surface area contributed by atoms with Crippen LogP contribution in [-0.4, -0.2) is 14.8 Å². The van der Waals surface area contributed by atoms with Crippen LogP contribution in [0.5, 0.6) is 0 Å². The van der Waals surface area contributed by atoms with E-state index in [1.165, 1.54) is 0 Å². The molecule has 1 aromatic carbocycles. The van der Waals surface area contributed by atoms with Crippen molar-refractivity contribution in [2.45, 2.75) is 12.8 Å². The molecule has 1 aliphatic rings. The van der Waals surface area contributed by atoms with Crippen LogP contribution in [0.2, 0.25) is 5.02 Å². The number of para-hydroxylation sites is 1. The first kappa shape index (κ1) is 11.2. The van der Waals surface area contributed by atoms with Gasteiger partial charge in [0.05, 0.1) is 10.7 Å². The first-order chi connectivity index (χ1) is 8.86. The Morgan fingerprint density at radius 3 is 2.83 bits per heavy atom. The fraction of sp³-hybridized carbons (Fsp3) is 0.143. The predicted octanol–water partition coefficient (Wildman–Crippen LogP) is 3.65. The molecule has 90 valence electrons. The van der Waals surface area contributed by atoms with Crippen LogP contribution in [0.1, 0.15) is 18.7 Å². The molecule has 4 heteroatoms. The van der Waals surface area contributed by atoms with Gasteiger partial charge >= 0.3 is 0 Å². The van der Waals surface area contributed by atoms with Gasteiger partial charge in [-0.1, -0.05) is 42.0 Å². The number of benzene rings is 1. The predicted molar refractivity (Wildman–Crippen MR) is 72.7 cm³/mol. The van der Waals surface area contributed by atoms with E-state index < -0.39 is 0 Å². The Kier molecular flexibility index (Phi) is 2.99. The quantitative estimate of drug-likeness (QED) is 0.822. The number of aromatic nitrogens is 3. The molecule has 1 aliphatic carbocycles. The van der Waals surface area contributed by atoms with Crippen LogP contribution < -0.4 is 0 Å². The number of rotatable bonds is 2. The zero-order valence-corrected chi connectivity index (χ0v) is 10.5. The highest BCUT2D eigenvalue weighted by Gasteiger charge is 2.12. The monoisotopic (exact) mass is 257 g/mol. The Morgan fingerprint density at radius 2 is 2.06 bits per heavy atom. The molecule has 2 aromatic rings. The van der Waals surface area contributed by atoms with Crippen molar-refractivity contribution in [1.29, 1.82) is 0 Å². The van der Waals surface area contributed by atoms with Gasteiger partial charge in [0.25, 0.3) is 0 Å². The molecule has 1 aromatic heterocycles. The second-order valence-corrected chi connectivity index (χ2v) is 4.52. The third-order valence-electron chi connectivity index (χ3n) is 2.91. The summed E-state index contributed by atoms with van der Waals surface area (Å²) in [6.07, 6.45) is 10.2. The standard InChI is InChI=1S/C14H12ClN3/c15-12-8-4-5-9-13(12)18-10-16-17-14(18)11-6-2-1-3-7-11/h2,4-10H,1,3H2. The summed E-state index contributed by atoms with van der Waals surface area (Å²) >= 11 is 6.21. The molecular formula is C14H12ClN3. The minimum Gasteiger partial charge on any atom is -0.280 e. The van der Waals surface area contributed by atoms with Gasteiger partial charge in [0.2, 0.25) is 0 Å². The van der Waals surface area contributed by atoms with Gasteiger partial charge in [-0.05, 0) is 25.0 Å². The Bertz CT molecular complexity index is 625. The number of hydrogen-bond acceptors (Lipinski definition) is 2. The molecular weight excluding hydrogens is 246 g/mol. The van der Waals surface area contributed by atoms with Crippen molar-refractivity contribution in [1.82, 2.24) is 14.8 Å². The second kappa shape index (κ2) is 4.78. The van der Waals surface area contributed by atoms with Crippen LogP contribution >= 0.6 is 11.6 Å². The number of allylic oxidation sites excluding steroid dienone is 4. The van der Waals surface area contributed by atoms with Gasteiger partial charge in [0, 0.05) is 5.57 Å². The van der Waals surface area contributed by atoms with E-state index in [-0.39, 0.29) is 0 Å². The Balaban J connectivity index is 2.10. The molecule has 0 fully saturated rings. The number of nitrogens with zero attached hydrogens (tertiary/aromatic N) is 3. The van der Waals surface area contributed by atoms with Crippen molar-refractivity contribution in [3.8, 4) is 5.69 Å². The minimum absolute atomic E-state index is 0.693. The lowest BCUT2D eigenvalue weighted by atomic mass is 10.1. The van der Waals surface area contributed by atoms with E-state index in [0.717, 1.165) is 29.9 Å². The SMILES string of the molecule is Clc1ccccc1-n1cnnc1C1=CCCC=C1. The van der Waals surface area contributed by atoms with E-state index in [1.807, 2.05) is 28.8 Å². The largest absolute Gasteiger partial charge is 0.280 e. The van der Waals surface area contributed by atoms with E-state index in [9.17, 15) is 0 Å². The number of halogens is 1. The lowest BCUT2D eigenvalue weighted by Gasteiger charge is -2.10. The first-order valence-electron chi connectivity index (χ1n) is 5.88. The van der Waals surface area contributed by atoms with Crippen LogP contribution in [0.15, 0.2) is 48.8 Å². The van der Waals surface area contributed by atoms with E-state index in [2.05, 4.69) is 28.4 Å². The van der Waals surface area contributed by atoms with Crippen LogP contribution in [0.3, 0.4) is 0 Å². The summed E-state index contributed by atoms with van der Waals surface area (Å²) < 4.78 is 1.92. The van der Waals surface area contributed by atoms with Crippen molar-refractivity contribution in [3.63, 3.8) is 0 Å². The van der Waals surface area contributed by atoms with Crippen LogP contribution in [0.4, 0.5) is 0 Å². The van der Waals surface area contributed by atoms with Crippen molar-refractivity contribution in [2.75, 3.05) is 0 Å². The highest BCUT2D eigenvalue weighted by molar-refractivity contribution is 6.32. The van der Waals surface area contributed by atoms with Crippen molar-refractivity contribution < 1.29 is 0 Å². The lowest BCUT2D eigenvalue weighted by molar-refractivity contribution is 0.995. The summed E-state index contributed by atoms with van der Waals surface area (Å²) in [5.41, 5.74) is 2.00. The normalized spacial score (nSPS) is 14.6. The molecule has 0 saturated carbocycles. The highest BCUT2D eigenvalue weighted by Crippen LogP contribution is 2.25. The van der Waals surface area contributed by atoms with Gasteiger partial charge in [-0.3, -0.25) is 4.57 Å². The van der Waals surface area contributed by atoms with E-state index in [0.29, 0.717) is 5.02 Å². The zero-order chi connectivity index (χ0) is 12.4. The molecule has 0 radical (unpaired) electrons. The third-order valence-corrected chi connectivity index (χ3v) is 3.23. The molecule has 1 heterocycles. The van der Waals surface area contributed by atoms with Gasteiger partial charge < -0.3 is 0 Å². The molecule has 0 N–H and O–H groups in total. The smallest absolute Gasteiger partial charge is 0.168 e. The molecule has 0 aliphatic heterocycles. The molecule has 0 bridgehead atoms. The van der Waals surface area contributed by atoms with Gasteiger partial charge in [-0.2, -0.15) is 0 Å². The molecule has 3 rings (SSSR count). The fourth-order valence-electron chi connectivity index (χ4n) is 2.03. The minimum atomic E-state index is 0.693. The third kappa shape index (κ3) is 1.97. The van der Waals surface area contributed by atoms with E-state index in [4.69, 9.17) is 11.6 Å². The van der Waals surface area contributed by atoms with Gasteiger partial charge in [-0.25, -0.2) is 0 Å². The Hall–Kier alpha value is -1.87. The maximum Gasteiger partial charge on any atom is 0.168 e. The molecule has 3 nitrogen and oxygen atoms in total. The Morgan fingerprint density at radius 1 is 1.17 bits per heavy atom. The summed E-state index contributed by atoms with van der Waals surface area (Å²) in [4.78, 5) is 0. The van der Waals surface area contributed by atoms with Gasteiger partial charge in [-0.15, -0.1) is 10.2 Å². The molecule has 0 unspecified atom stereocenters. The molecule has 0 spiro atoms. The second-order valence-electron chi connectivity index (χ2n) is 4.12. The molecule has 0 amide bonds. The van der Waals surface area contributed by atoms with Gasteiger partial charge in [0.1, 0.15) is 6.33 Å². The average Bonchev–Trinajstić information content (AvgIpc) is 2.89. The van der Waals surface area contributed by atoms with Crippen molar-refractivity contribution >= 4 is 17.2 Å². The summed E-state index contributed by atoms with van der Waals surface area (Å²) in [6.45, 7) is 0. The fourth-order valence-corrected chi connectivity index (χ4v) is 2.26. The van der Waals surface area contributed by atoms with E-state index in [1.54, 1.807) is 6.33 Å². The summed E-state index contributed by atoms with van der Waals surface area (Å²) in [6, 6.07) is 7.69. The van der Waals surface area contributed by atoms with Crippen molar-refractivity contribution in [3.05, 3.63) is 59.7 Å². The summed E-state index contributed by atoms with van der Waals surface area (Å²) in [5, 5.41) is 8.88. The lowest BCUT2D eigenvalue weighted by Crippen LogP contribution is -2.00. The van der Waals surface area contributed by atoms with Crippen LogP contribution in [0, 0.1) is 0 Å². The highest BCUT2D eigenvalue weighted by atomic mass is 35.5. The topological polar surface area (TPSA) is 30.7 Å². The Labute approximate surface area is 110 Å². The summed E-state index contributed by atoms with van der Waals surface area (Å²) in [7, 11) is 0. The average molecular weight is 258 g/mol. The maximum atomic E-state index is 6.21. The summed E-state index contributed by atoms with van der Waals surface area (Å²) in [5.74, 6) is 0.832. The zero-order valence-electron chi connectivity index (χ0n) is 9.75. The molecule has 0 atom stereocenters. The number of hydrogen-bond donors (Lipinski definition) is 0. The first-order valence-corrected chi connectivity index (χ1v) is 6.26. The maximum absolute atomic E-state index is 6.21. The van der Waals surface area contributed by atoms with Crippen molar-refractivity contribution in [2.24, 2.45) is 0 Å². The van der Waals surface area contributed by atoms with E-state index >= 15 is 0 Å². The van der Waals surface area contributed by atoms with Crippen LogP contribution in [0.25, 0.3) is 11.3 Å². The van der Waals surface area contributed by atoms with Gasteiger partial charge in [0.15, 0.2) is 5.82 Å².